The summed E-state index contributed by atoms with van der Waals surface area (Å²) in [4.78, 5) is 16.7. The van der Waals surface area contributed by atoms with Gasteiger partial charge in [-0.15, -0.1) is 0 Å². The van der Waals surface area contributed by atoms with Crippen LogP contribution in [-0.2, 0) is 17.9 Å². The van der Waals surface area contributed by atoms with Crippen LogP contribution < -0.4 is 5.56 Å². The lowest BCUT2D eigenvalue weighted by atomic mass is 10.2. The second-order valence-corrected chi connectivity index (χ2v) is 5.98. The fraction of sp³-hybridized carbons (Fsp3) is 0.263. The maximum atomic E-state index is 13.5. The van der Waals surface area contributed by atoms with Crippen molar-refractivity contribution >= 4 is 10.9 Å². The van der Waals surface area contributed by atoms with E-state index in [0.717, 1.165) is 5.56 Å². The van der Waals surface area contributed by atoms with Gasteiger partial charge < -0.3 is 9.84 Å². The van der Waals surface area contributed by atoms with Gasteiger partial charge in [0.1, 0.15) is 5.82 Å². The van der Waals surface area contributed by atoms with Crippen LogP contribution in [0, 0.1) is 12.7 Å². The third-order valence-corrected chi connectivity index (χ3v) is 3.91. The molecule has 6 heteroatoms. The van der Waals surface area contributed by atoms with E-state index in [0.29, 0.717) is 16.5 Å². The maximum absolute atomic E-state index is 13.5. The fourth-order valence-corrected chi connectivity index (χ4v) is 2.60. The summed E-state index contributed by atoms with van der Waals surface area (Å²) in [5, 5.41) is 10.6. The van der Waals surface area contributed by atoms with Crippen molar-refractivity contribution in [3.05, 3.63) is 76.1 Å². The first-order valence-corrected chi connectivity index (χ1v) is 7.99. The van der Waals surface area contributed by atoms with E-state index in [2.05, 4.69) is 4.98 Å². The summed E-state index contributed by atoms with van der Waals surface area (Å²) in [5.74, 6) is -0.345. The van der Waals surface area contributed by atoms with Gasteiger partial charge in [-0.3, -0.25) is 9.36 Å². The van der Waals surface area contributed by atoms with Gasteiger partial charge in [-0.05, 0) is 25.1 Å². The molecule has 1 atom stereocenters. The highest BCUT2D eigenvalue weighted by Gasteiger charge is 2.10. The Kier molecular flexibility index (Phi) is 5.21. The van der Waals surface area contributed by atoms with Gasteiger partial charge in [0.15, 0.2) is 0 Å². The van der Waals surface area contributed by atoms with E-state index in [9.17, 15) is 14.3 Å². The molecule has 1 aromatic heterocycles. The van der Waals surface area contributed by atoms with Gasteiger partial charge in [0.05, 0.1) is 43.1 Å². The molecule has 130 valence electrons. The predicted octanol–water partition coefficient (Wildman–Crippen LogP) is 2.42. The highest BCUT2D eigenvalue weighted by molar-refractivity contribution is 5.77. The molecule has 3 aromatic rings. The average molecular weight is 342 g/mol. The van der Waals surface area contributed by atoms with E-state index >= 15 is 0 Å². The monoisotopic (exact) mass is 342 g/mol. The number of rotatable bonds is 6. The number of benzene rings is 2. The number of aliphatic hydroxyl groups excluding tert-OH is 1. The number of nitrogens with zero attached hydrogens (tertiary/aromatic N) is 2. The number of halogens is 1. The van der Waals surface area contributed by atoms with E-state index in [1.165, 1.54) is 17.0 Å². The summed E-state index contributed by atoms with van der Waals surface area (Å²) in [5.41, 5.74) is 1.81. The zero-order valence-electron chi connectivity index (χ0n) is 13.9. The molecule has 0 saturated carbocycles. The molecule has 0 aliphatic rings. The number of hydrogen-bond donors (Lipinski definition) is 1. The second kappa shape index (κ2) is 7.55. The van der Waals surface area contributed by atoms with Crippen LogP contribution in [0.25, 0.3) is 10.9 Å². The van der Waals surface area contributed by atoms with Gasteiger partial charge in [0.2, 0.25) is 0 Å². The van der Waals surface area contributed by atoms with Crippen LogP contribution in [0.3, 0.4) is 0 Å². The molecule has 2 aromatic carbocycles. The SMILES string of the molecule is Cc1ccc2ncn(C[C@H](O)COCc3ccccc3F)c(=O)c2c1. The van der Waals surface area contributed by atoms with E-state index < -0.39 is 6.10 Å². The molecule has 0 unspecified atom stereocenters. The summed E-state index contributed by atoms with van der Waals surface area (Å²) in [6.07, 6.45) is 0.522. The molecule has 0 spiro atoms. The minimum Gasteiger partial charge on any atom is -0.389 e. The number of fused-ring (bicyclic) bond motifs is 1. The normalized spacial score (nSPS) is 12.4. The van der Waals surface area contributed by atoms with Crippen molar-refractivity contribution < 1.29 is 14.2 Å². The van der Waals surface area contributed by atoms with Crippen molar-refractivity contribution in [2.24, 2.45) is 0 Å². The Morgan fingerprint density at radius 3 is 2.88 bits per heavy atom. The third-order valence-electron chi connectivity index (χ3n) is 3.91. The molecule has 0 fully saturated rings. The number of aliphatic hydroxyl groups is 1. The average Bonchev–Trinajstić information content (AvgIpc) is 2.59. The summed E-state index contributed by atoms with van der Waals surface area (Å²) in [6, 6.07) is 11.8. The van der Waals surface area contributed by atoms with E-state index in [4.69, 9.17) is 4.74 Å². The molecule has 0 radical (unpaired) electrons. The molecule has 0 bridgehead atoms. The van der Waals surface area contributed by atoms with Crippen molar-refractivity contribution in [2.75, 3.05) is 6.61 Å². The zero-order chi connectivity index (χ0) is 17.8. The smallest absolute Gasteiger partial charge is 0.261 e. The molecule has 5 nitrogen and oxygen atoms in total. The molecule has 0 saturated heterocycles. The molecular weight excluding hydrogens is 323 g/mol. The maximum Gasteiger partial charge on any atom is 0.261 e. The Hall–Kier alpha value is -2.57. The van der Waals surface area contributed by atoms with Gasteiger partial charge in [0.25, 0.3) is 5.56 Å². The lowest BCUT2D eigenvalue weighted by Gasteiger charge is -2.13. The van der Waals surface area contributed by atoms with Gasteiger partial charge in [-0.1, -0.05) is 29.8 Å². The highest BCUT2D eigenvalue weighted by Crippen LogP contribution is 2.10. The van der Waals surface area contributed by atoms with Crippen LogP contribution in [0.4, 0.5) is 4.39 Å². The molecule has 1 heterocycles. The number of hydrogen-bond acceptors (Lipinski definition) is 4. The Balaban J connectivity index is 1.64. The van der Waals surface area contributed by atoms with Gasteiger partial charge in [0, 0.05) is 5.56 Å². The first-order chi connectivity index (χ1) is 12.0. The van der Waals surface area contributed by atoms with Gasteiger partial charge in [-0.2, -0.15) is 0 Å². The summed E-state index contributed by atoms with van der Waals surface area (Å²) >= 11 is 0. The predicted molar refractivity (Wildman–Crippen MR) is 92.8 cm³/mol. The largest absolute Gasteiger partial charge is 0.389 e. The Labute approximate surface area is 144 Å². The van der Waals surface area contributed by atoms with Crippen LogP contribution in [-0.4, -0.2) is 27.4 Å². The van der Waals surface area contributed by atoms with E-state index in [-0.39, 0.29) is 31.1 Å². The Bertz CT molecular complexity index is 939. The number of ether oxygens (including phenoxy) is 1. The van der Waals surface area contributed by atoms with Crippen molar-refractivity contribution in [2.45, 2.75) is 26.2 Å². The van der Waals surface area contributed by atoms with Crippen molar-refractivity contribution in [3.63, 3.8) is 0 Å². The molecule has 25 heavy (non-hydrogen) atoms. The molecule has 0 amide bonds. The van der Waals surface area contributed by atoms with Crippen molar-refractivity contribution in [1.82, 2.24) is 9.55 Å². The van der Waals surface area contributed by atoms with Crippen LogP contribution in [0.2, 0.25) is 0 Å². The summed E-state index contributed by atoms with van der Waals surface area (Å²) in [7, 11) is 0. The third kappa shape index (κ3) is 4.10. The highest BCUT2D eigenvalue weighted by atomic mass is 19.1. The standard InChI is InChI=1S/C19H19FN2O3/c1-13-6-7-18-16(8-13)19(24)22(12-21-18)9-15(23)11-25-10-14-4-2-3-5-17(14)20/h2-8,12,15,23H,9-11H2,1H3/t15-/m0/s1. The zero-order valence-corrected chi connectivity index (χ0v) is 13.9. The molecule has 0 aliphatic carbocycles. The lowest BCUT2D eigenvalue weighted by Crippen LogP contribution is -2.29. The summed E-state index contributed by atoms with van der Waals surface area (Å²) in [6.45, 7) is 2.02. The lowest BCUT2D eigenvalue weighted by molar-refractivity contribution is 0.0189. The number of aromatic nitrogens is 2. The van der Waals surface area contributed by atoms with Gasteiger partial charge >= 0.3 is 0 Å². The molecule has 3 rings (SSSR count). The Morgan fingerprint density at radius 1 is 1.28 bits per heavy atom. The second-order valence-electron chi connectivity index (χ2n) is 5.98. The van der Waals surface area contributed by atoms with Gasteiger partial charge in [-0.25, -0.2) is 9.37 Å². The molecule has 1 N–H and O–H groups in total. The van der Waals surface area contributed by atoms with Crippen LogP contribution in [0.1, 0.15) is 11.1 Å². The minimum absolute atomic E-state index is 0.00731. The minimum atomic E-state index is -0.895. The molecule has 0 aliphatic heterocycles. The van der Waals surface area contributed by atoms with E-state index in [1.54, 1.807) is 30.3 Å². The number of aryl methyl sites for hydroxylation is 1. The Morgan fingerprint density at radius 2 is 2.08 bits per heavy atom. The van der Waals surface area contributed by atoms with Crippen molar-refractivity contribution in [1.29, 1.82) is 0 Å². The quantitative estimate of drug-likeness (QED) is 0.747. The fourth-order valence-electron chi connectivity index (χ4n) is 2.60. The summed E-state index contributed by atoms with van der Waals surface area (Å²) < 4.78 is 20.2. The van der Waals surface area contributed by atoms with Crippen molar-refractivity contribution in [3.8, 4) is 0 Å². The van der Waals surface area contributed by atoms with Crippen LogP contribution in [0.15, 0.2) is 53.6 Å². The topological polar surface area (TPSA) is 64.3 Å². The van der Waals surface area contributed by atoms with Crippen LogP contribution >= 0.6 is 0 Å². The first kappa shape index (κ1) is 17.3. The van der Waals surface area contributed by atoms with E-state index in [1.807, 2.05) is 13.0 Å². The van der Waals surface area contributed by atoms with Crippen LogP contribution in [0.5, 0.6) is 0 Å². The first-order valence-electron chi connectivity index (χ1n) is 7.99. The molecular formula is C19H19FN2O3.